The molecule has 0 amide bonds. The molecular formula is C19H18N4O2. The van der Waals surface area contributed by atoms with Crippen LogP contribution < -0.4 is 15.2 Å². The topological polar surface area (TPSA) is 94.1 Å². The van der Waals surface area contributed by atoms with Gasteiger partial charge in [0.05, 0.1) is 25.5 Å². The zero-order valence-electron chi connectivity index (χ0n) is 14.0. The summed E-state index contributed by atoms with van der Waals surface area (Å²) in [5.74, 6) is 1.53. The van der Waals surface area contributed by atoms with Gasteiger partial charge in [-0.25, -0.2) is 4.98 Å². The molecule has 3 N–H and O–H groups in total. The molecule has 25 heavy (non-hydrogen) atoms. The number of hydrogen-bond donors (Lipinski definition) is 2. The van der Waals surface area contributed by atoms with E-state index in [-0.39, 0.29) is 5.71 Å². The van der Waals surface area contributed by atoms with Crippen molar-refractivity contribution in [3.63, 3.8) is 0 Å². The highest BCUT2D eigenvalue weighted by molar-refractivity contribution is 6.17. The van der Waals surface area contributed by atoms with Crippen LogP contribution in [-0.4, -0.2) is 29.9 Å². The average Bonchev–Trinajstić information content (AvgIpc) is 2.67. The van der Waals surface area contributed by atoms with Gasteiger partial charge in [0.15, 0.2) is 11.5 Å². The average molecular weight is 334 g/mol. The minimum Gasteiger partial charge on any atom is -0.493 e. The molecule has 0 aliphatic rings. The first-order valence-electron chi connectivity index (χ1n) is 7.62. The van der Waals surface area contributed by atoms with Crippen molar-refractivity contribution in [2.45, 2.75) is 0 Å². The second-order valence-corrected chi connectivity index (χ2v) is 5.31. The van der Waals surface area contributed by atoms with Gasteiger partial charge in [0.2, 0.25) is 0 Å². The van der Waals surface area contributed by atoms with Crippen LogP contribution in [0.1, 0.15) is 11.1 Å². The monoisotopic (exact) mass is 334 g/mol. The van der Waals surface area contributed by atoms with Crippen LogP contribution >= 0.6 is 0 Å². The van der Waals surface area contributed by atoms with Gasteiger partial charge in [0.1, 0.15) is 5.82 Å². The van der Waals surface area contributed by atoms with E-state index in [0.717, 1.165) is 11.1 Å². The number of aromatic nitrogens is 2. The lowest BCUT2D eigenvalue weighted by Gasteiger charge is -2.15. The van der Waals surface area contributed by atoms with Crippen molar-refractivity contribution >= 4 is 11.5 Å². The summed E-state index contributed by atoms with van der Waals surface area (Å²) in [6.07, 6.45) is 4.92. The maximum absolute atomic E-state index is 8.56. The summed E-state index contributed by atoms with van der Waals surface area (Å²) in [4.78, 5) is 8.22. The van der Waals surface area contributed by atoms with E-state index in [9.17, 15) is 0 Å². The molecule has 1 aromatic carbocycles. The van der Waals surface area contributed by atoms with Gasteiger partial charge in [0.25, 0.3) is 0 Å². The minimum atomic E-state index is 0.267. The number of hydrogen-bond acceptors (Lipinski definition) is 6. The highest BCUT2D eigenvalue weighted by atomic mass is 16.5. The molecule has 0 fully saturated rings. The normalized spacial score (nSPS) is 10.3. The molecule has 6 heteroatoms. The fourth-order valence-corrected chi connectivity index (χ4v) is 2.64. The molecule has 126 valence electrons. The van der Waals surface area contributed by atoms with E-state index in [2.05, 4.69) is 9.97 Å². The summed E-state index contributed by atoms with van der Waals surface area (Å²) in [6.45, 7) is 0. The zero-order chi connectivity index (χ0) is 17.8. The summed E-state index contributed by atoms with van der Waals surface area (Å²) in [6, 6.07) is 11.0. The molecule has 0 saturated heterocycles. The lowest BCUT2D eigenvalue weighted by atomic mass is 9.94. The van der Waals surface area contributed by atoms with Gasteiger partial charge in [0, 0.05) is 24.2 Å². The maximum Gasteiger partial charge on any atom is 0.161 e. The maximum atomic E-state index is 8.56. The third kappa shape index (κ3) is 3.14. The second kappa shape index (κ2) is 7.00. The summed E-state index contributed by atoms with van der Waals surface area (Å²) in [7, 11) is 3.17. The van der Waals surface area contributed by atoms with Crippen LogP contribution in [0.25, 0.3) is 11.1 Å². The van der Waals surface area contributed by atoms with Crippen molar-refractivity contribution in [2.24, 2.45) is 0 Å². The van der Waals surface area contributed by atoms with Gasteiger partial charge in [-0.05, 0) is 41.5 Å². The van der Waals surface area contributed by atoms with Crippen molar-refractivity contribution < 1.29 is 9.47 Å². The molecule has 0 spiro atoms. The first-order valence-corrected chi connectivity index (χ1v) is 7.62. The Bertz CT molecular complexity index is 911. The van der Waals surface area contributed by atoms with Crippen molar-refractivity contribution in [1.29, 1.82) is 5.41 Å². The van der Waals surface area contributed by atoms with Crippen LogP contribution in [0.15, 0.2) is 55.0 Å². The molecule has 0 bridgehead atoms. The Labute approximate surface area is 145 Å². The zero-order valence-corrected chi connectivity index (χ0v) is 14.0. The van der Waals surface area contributed by atoms with Gasteiger partial charge in [-0.1, -0.05) is 6.07 Å². The van der Waals surface area contributed by atoms with Crippen LogP contribution in [0, 0.1) is 5.41 Å². The Balaban J connectivity index is 2.15. The Morgan fingerprint density at radius 3 is 2.52 bits per heavy atom. The first kappa shape index (κ1) is 16.4. The highest BCUT2D eigenvalue weighted by Crippen LogP contribution is 2.35. The summed E-state index contributed by atoms with van der Waals surface area (Å²) >= 11 is 0. The van der Waals surface area contributed by atoms with Crippen LogP contribution in [0.2, 0.25) is 0 Å². The van der Waals surface area contributed by atoms with E-state index in [1.54, 1.807) is 38.9 Å². The molecule has 0 aliphatic heterocycles. The van der Waals surface area contributed by atoms with E-state index < -0.39 is 0 Å². The molecule has 0 atom stereocenters. The molecule has 0 saturated carbocycles. The van der Waals surface area contributed by atoms with E-state index in [4.69, 9.17) is 20.6 Å². The number of nitrogens with one attached hydrogen (secondary N) is 1. The number of pyridine rings is 2. The predicted molar refractivity (Wildman–Crippen MR) is 97.4 cm³/mol. The molecule has 3 aromatic rings. The number of rotatable bonds is 5. The van der Waals surface area contributed by atoms with E-state index >= 15 is 0 Å². The SMILES string of the molecule is COc1ccc(-c2ccnc(N)c2C(=N)c2cccnc2)cc1OC. The highest BCUT2D eigenvalue weighted by Gasteiger charge is 2.17. The fourth-order valence-electron chi connectivity index (χ4n) is 2.64. The third-order valence-electron chi connectivity index (χ3n) is 3.88. The minimum absolute atomic E-state index is 0.267. The number of ether oxygens (including phenoxy) is 2. The molecule has 0 radical (unpaired) electrons. The van der Waals surface area contributed by atoms with E-state index in [1.165, 1.54) is 0 Å². The molecule has 3 rings (SSSR count). The van der Waals surface area contributed by atoms with Crippen molar-refractivity contribution in [2.75, 3.05) is 20.0 Å². The quantitative estimate of drug-likeness (QED) is 0.699. The Morgan fingerprint density at radius 1 is 1.04 bits per heavy atom. The fraction of sp³-hybridized carbons (Fsp3) is 0.105. The smallest absolute Gasteiger partial charge is 0.161 e. The van der Waals surface area contributed by atoms with Gasteiger partial charge in [-0.15, -0.1) is 0 Å². The van der Waals surface area contributed by atoms with Crippen molar-refractivity contribution in [3.8, 4) is 22.6 Å². The Morgan fingerprint density at radius 2 is 1.84 bits per heavy atom. The standard InChI is InChI=1S/C19H18N4O2/c1-24-15-6-5-12(10-16(15)25-2)14-7-9-23-19(21)17(14)18(20)13-4-3-8-22-11-13/h3-11,20H,1-2H3,(H2,21,23). The third-order valence-corrected chi connectivity index (χ3v) is 3.88. The summed E-state index contributed by atoms with van der Waals surface area (Å²) in [5.41, 5.74) is 9.24. The van der Waals surface area contributed by atoms with Crippen molar-refractivity contribution in [3.05, 3.63) is 66.1 Å². The van der Waals surface area contributed by atoms with Gasteiger partial charge in [-0.2, -0.15) is 0 Å². The Hall–Kier alpha value is -3.41. The number of anilines is 1. The van der Waals surface area contributed by atoms with E-state index in [0.29, 0.717) is 28.4 Å². The molecule has 2 heterocycles. The van der Waals surface area contributed by atoms with Crippen molar-refractivity contribution in [1.82, 2.24) is 9.97 Å². The summed E-state index contributed by atoms with van der Waals surface area (Å²) in [5, 5.41) is 8.56. The number of nitrogen functional groups attached to an aromatic ring is 1. The number of benzene rings is 1. The van der Waals surface area contributed by atoms with Crippen LogP contribution in [0.4, 0.5) is 5.82 Å². The number of methoxy groups -OCH3 is 2. The lowest BCUT2D eigenvalue weighted by Crippen LogP contribution is -2.09. The second-order valence-electron chi connectivity index (χ2n) is 5.31. The van der Waals surface area contributed by atoms with E-state index in [1.807, 2.05) is 30.3 Å². The Kier molecular flexibility index (Phi) is 4.61. The number of nitrogens with zero attached hydrogens (tertiary/aromatic N) is 2. The van der Waals surface area contributed by atoms with Crippen LogP contribution in [0.5, 0.6) is 11.5 Å². The molecular weight excluding hydrogens is 316 g/mol. The molecule has 0 aliphatic carbocycles. The molecule has 6 nitrogen and oxygen atoms in total. The van der Waals surface area contributed by atoms with Gasteiger partial charge >= 0.3 is 0 Å². The largest absolute Gasteiger partial charge is 0.493 e. The van der Waals surface area contributed by atoms with Crippen LogP contribution in [-0.2, 0) is 0 Å². The molecule has 0 unspecified atom stereocenters. The van der Waals surface area contributed by atoms with Gasteiger partial charge < -0.3 is 15.2 Å². The summed E-state index contributed by atoms with van der Waals surface area (Å²) < 4.78 is 10.7. The first-order chi connectivity index (χ1) is 12.2. The lowest BCUT2D eigenvalue weighted by molar-refractivity contribution is 0.355. The predicted octanol–water partition coefficient (Wildman–Crippen LogP) is 3.16. The van der Waals surface area contributed by atoms with Crippen LogP contribution in [0.3, 0.4) is 0 Å². The molecule has 2 aromatic heterocycles. The number of nitrogens with two attached hydrogens (primary N) is 1. The van der Waals surface area contributed by atoms with Gasteiger partial charge in [-0.3, -0.25) is 10.4 Å².